The van der Waals surface area contributed by atoms with Gasteiger partial charge < -0.3 is 0 Å². The second-order valence-electron chi connectivity index (χ2n) is 2.26. The van der Waals surface area contributed by atoms with Gasteiger partial charge in [0.25, 0.3) is 0 Å². The van der Waals surface area contributed by atoms with Crippen molar-refractivity contribution in [2.24, 2.45) is 4.99 Å². The molecule has 0 amide bonds. The van der Waals surface area contributed by atoms with Crippen molar-refractivity contribution in [3.05, 3.63) is 28.0 Å². The van der Waals surface area contributed by atoms with Crippen LogP contribution in [0.3, 0.4) is 0 Å². The Morgan fingerprint density at radius 1 is 1.58 bits per heavy atom. The Bertz CT molecular complexity index is 358. The fourth-order valence-corrected chi connectivity index (χ4v) is 1.24. The predicted molar refractivity (Wildman–Crippen MR) is 53.5 cm³/mol. The zero-order chi connectivity index (χ0) is 9.14. The molecule has 1 nitrogen and oxygen atoms in total. The first-order valence-corrected chi connectivity index (χ1v) is 4.39. The first-order valence-electron chi connectivity index (χ1n) is 3.18. The molecule has 0 heterocycles. The minimum Gasteiger partial charge on any atom is -0.206 e. The summed E-state index contributed by atoms with van der Waals surface area (Å²) in [5.74, 6) is -0.296. The highest BCUT2D eigenvalue weighted by Crippen LogP contribution is 2.25. The maximum atomic E-state index is 12.9. The van der Waals surface area contributed by atoms with Gasteiger partial charge in [-0.05, 0) is 52.8 Å². The van der Waals surface area contributed by atoms with Crippen molar-refractivity contribution in [1.82, 2.24) is 0 Å². The summed E-state index contributed by atoms with van der Waals surface area (Å²) < 4.78 is 13.3. The molecule has 1 aromatic rings. The Balaban J connectivity index is 3.32. The quantitative estimate of drug-likeness (QED) is 0.544. The molecule has 0 aliphatic carbocycles. The van der Waals surface area contributed by atoms with E-state index in [0.29, 0.717) is 10.2 Å². The first-order chi connectivity index (χ1) is 5.65. The lowest BCUT2D eigenvalue weighted by Gasteiger charge is -1.99. The van der Waals surface area contributed by atoms with Crippen LogP contribution in [0.4, 0.5) is 10.1 Å². The van der Waals surface area contributed by atoms with Crippen LogP contribution in [0.25, 0.3) is 0 Å². The van der Waals surface area contributed by atoms with E-state index in [1.807, 2.05) is 0 Å². The number of rotatable bonds is 1. The molecule has 0 radical (unpaired) electrons. The van der Waals surface area contributed by atoms with Gasteiger partial charge in [-0.3, -0.25) is 0 Å². The summed E-state index contributed by atoms with van der Waals surface area (Å²) in [5, 5.41) is 2.24. The van der Waals surface area contributed by atoms with Gasteiger partial charge in [0.1, 0.15) is 5.82 Å². The fraction of sp³-hybridized carbons (Fsp3) is 0.125. The number of thiocarbonyl (C=S) groups is 1. The summed E-state index contributed by atoms with van der Waals surface area (Å²) >= 11 is 7.50. The monoisotopic (exact) mass is 245 g/mol. The number of benzene rings is 1. The van der Waals surface area contributed by atoms with Crippen molar-refractivity contribution < 1.29 is 4.39 Å². The highest BCUT2D eigenvalue weighted by atomic mass is 79.9. The number of aliphatic imine (C=N–C) groups is 1. The zero-order valence-electron chi connectivity index (χ0n) is 6.27. The number of hydrogen-bond donors (Lipinski definition) is 0. The number of isothiocyanates is 1. The Kier molecular flexibility index (Phi) is 3.09. The van der Waals surface area contributed by atoms with Gasteiger partial charge in [0, 0.05) is 0 Å². The molecule has 1 aromatic carbocycles. The molecule has 0 atom stereocenters. The van der Waals surface area contributed by atoms with Gasteiger partial charge in [-0.2, -0.15) is 4.99 Å². The average Bonchev–Trinajstić information content (AvgIpc) is 2.01. The largest absolute Gasteiger partial charge is 0.206 e. The van der Waals surface area contributed by atoms with Crippen LogP contribution in [0.15, 0.2) is 21.6 Å². The standard InChI is InChI=1S/C8H5BrFNS/c1-5-2-7(10)6(9)3-8(5)11-4-12/h2-3H,1H3. The topological polar surface area (TPSA) is 12.4 Å². The Morgan fingerprint density at radius 2 is 2.25 bits per heavy atom. The molecule has 1 rings (SSSR count). The van der Waals surface area contributed by atoms with E-state index in [1.54, 1.807) is 13.0 Å². The van der Waals surface area contributed by atoms with Crippen LogP contribution in [-0.4, -0.2) is 5.16 Å². The van der Waals surface area contributed by atoms with Gasteiger partial charge in [-0.25, -0.2) is 4.39 Å². The van der Waals surface area contributed by atoms with E-state index in [9.17, 15) is 4.39 Å². The van der Waals surface area contributed by atoms with Crippen LogP contribution >= 0.6 is 28.1 Å². The van der Waals surface area contributed by atoms with E-state index in [2.05, 4.69) is 38.3 Å². The molecule has 0 bridgehead atoms. The highest BCUT2D eigenvalue weighted by molar-refractivity contribution is 9.10. The van der Waals surface area contributed by atoms with E-state index in [0.717, 1.165) is 5.56 Å². The minimum absolute atomic E-state index is 0.296. The van der Waals surface area contributed by atoms with Gasteiger partial charge in [0.05, 0.1) is 15.3 Å². The van der Waals surface area contributed by atoms with Crippen molar-refractivity contribution in [3.8, 4) is 0 Å². The SMILES string of the molecule is Cc1cc(F)c(Br)cc1N=C=S. The van der Waals surface area contributed by atoms with E-state index in [1.165, 1.54) is 6.07 Å². The van der Waals surface area contributed by atoms with E-state index in [-0.39, 0.29) is 5.82 Å². The minimum atomic E-state index is -0.296. The molecular weight excluding hydrogens is 241 g/mol. The first kappa shape index (κ1) is 9.52. The van der Waals surface area contributed by atoms with Crippen LogP contribution in [0.5, 0.6) is 0 Å². The lowest BCUT2D eigenvalue weighted by Crippen LogP contribution is -1.80. The number of nitrogens with zero attached hydrogens (tertiary/aromatic N) is 1. The van der Waals surface area contributed by atoms with Crippen molar-refractivity contribution in [1.29, 1.82) is 0 Å². The third-order valence-electron chi connectivity index (χ3n) is 1.40. The Morgan fingerprint density at radius 3 is 2.83 bits per heavy atom. The average molecular weight is 246 g/mol. The maximum absolute atomic E-state index is 12.9. The summed E-state index contributed by atoms with van der Waals surface area (Å²) in [6.45, 7) is 1.76. The van der Waals surface area contributed by atoms with Gasteiger partial charge in [-0.15, -0.1) is 0 Å². The maximum Gasteiger partial charge on any atom is 0.137 e. The molecule has 0 N–H and O–H groups in total. The normalized spacial score (nSPS) is 9.25. The number of hydrogen-bond acceptors (Lipinski definition) is 2. The summed E-state index contributed by atoms with van der Waals surface area (Å²) in [5.41, 5.74) is 1.38. The molecule has 4 heteroatoms. The molecule has 0 fully saturated rings. The molecule has 0 spiro atoms. The summed E-state index contributed by atoms with van der Waals surface area (Å²) in [4.78, 5) is 3.78. The molecule has 0 aromatic heterocycles. The van der Waals surface area contributed by atoms with Crippen LogP contribution in [-0.2, 0) is 0 Å². The molecular formula is C8H5BrFNS. The molecule has 0 unspecified atom stereocenters. The van der Waals surface area contributed by atoms with Crippen molar-refractivity contribution >= 4 is 39.0 Å². The summed E-state index contributed by atoms with van der Waals surface area (Å²) in [7, 11) is 0. The summed E-state index contributed by atoms with van der Waals surface area (Å²) in [6.07, 6.45) is 0. The van der Waals surface area contributed by atoms with Gasteiger partial charge in [0.15, 0.2) is 0 Å². The lowest BCUT2D eigenvalue weighted by atomic mass is 10.2. The van der Waals surface area contributed by atoms with Crippen molar-refractivity contribution in [3.63, 3.8) is 0 Å². The summed E-state index contributed by atoms with van der Waals surface area (Å²) in [6, 6.07) is 2.97. The second-order valence-corrected chi connectivity index (χ2v) is 3.29. The number of aryl methyl sites for hydroxylation is 1. The Labute approximate surface area is 83.4 Å². The molecule has 0 aliphatic heterocycles. The third-order valence-corrected chi connectivity index (χ3v) is 2.10. The van der Waals surface area contributed by atoms with Gasteiger partial charge in [0.2, 0.25) is 0 Å². The van der Waals surface area contributed by atoms with Gasteiger partial charge >= 0.3 is 0 Å². The van der Waals surface area contributed by atoms with E-state index < -0.39 is 0 Å². The molecule has 62 valence electrons. The Hall–Kier alpha value is -0.570. The highest BCUT2D eigenvalue weighted by Gasteiger charge is 2.03. The third kappa shape index (κ3) is 1.97. The smallest absolute Gasteiger partial charge is 0.137 e. The van der Waals surface area contributed by atoms with E-state index >= 15 is 0 Å². The van der Waals surface area contributed by atoms with Crippen LogP contribution < -0.4 is 0 Å². The molecule has 0 saturated heterocycles. The van der Waals surface area contributed by atoms with Crippen molar-refractivity contribution in [2.75, 3.05) is 0 Å². The molecule has 0 saturated carbocycles. The number of halogens is 2. The predicted octanol–water partition coefficient (Wildman–Crippen LogP) is 3.63. The molecule has 0 aliphatic rings. The zero-order valence-corrected chi connectivity index (χ0v) is 8.67. The van der Waals surface area contributed by atoms with Crippen LogP contribution in [0, 0.1) is 12.7 Å². The van der Waals surface area contributed by atoms with Crippen LogP contribution in [0.2, 0.25) is 0 Å². The van der Waals surface area contributed by atoms with Crippen molar-refractivity contribution in [2.45, 2.75) is 6.92 Å². The van der Waals surface area contributed by atoms with E-state index in [4.69, 9.17) is 0 Å². The molecule has 12 heavy (non-hydrogen) atoms. The fourth-order valence-electron chi connectivity index (χ4n) is 0.805. The van der Waals surface area contributed by atoms with Gasteiger partial charge in [-0.1, -0.05) is 0 Å². The lowest BCUT2D eigenvalue weighted by molar-refractivity contribution is 0.620. The second kappa shape index (κ2) is 3.90. The van der Waals surface area contributed by atoms with Crippen LogP contribution in [0.1, 0.15) is 5.56 Å².